The molecule has 7 heteroatoms. The van der Waals surface area contributed by atoms with E-state index in [1.807, 2.05) is 4.57 Å². The SMILES string of the molecule is CCN(CC)Cc1nnc2n1-c1ccc(F)cc1C(c1ccccc1F)=NC2. The standard InChI is InChI=1S/C21H21F2N5/c1-3-27(4-2)13-20-26-25-19-12-24-21(15-7-5-6-8-17(15)23)16-11-14(22)9-10-18(16)28(19)20/h5-11H,3-4,12-13H2,1-2H3. The first-order chi connectivity index (χ1) is 13.6. The van der Waals surface area contributed by atoms with E-state index in [-0.39, 0.29) is 6.54 Å². The molecule has 0 spiro atoms. The number of benzene rings is 2. The summed E-state index contributed by atoms with van der Waals surface area (Å²) in [5, 5.41) is 8.65. The Hall–Kier alpha value is -2.93. The summed E-state index contributed by atoms with van der Waals surface area (Å²) in [6.45, 7) is 6.80. The van der Waals surface area contributed by atoms with Crippen molar-refractivity contribution in [2.24, 2.45) is 4.99 Å². The Morgan fingerprint density at radius 1 is 1.00 bits per heavy atom. The summed E-state index contributed by atoms with van der Waals surface area (Å²) in [6.07, 6.45) is 0. The van der Waals surface area contributed by atoms with Gasteiger partial charge in [-0.3, -0.25) is 14.5 Å². The third-order valence-electron chi connectivity index (χ3n) is 5.02. The van der Waals surface area contributed by atoms with Gasteiger partial charge in [0.25, 0.3) is 0 Å². The average molecular weight is 381 g/mol. The maximum absolute atomic E-state index is 14.5. The summed E-state index contributed by atoms with van der Waals surface area (Å²) in [5.74, 6) is 0.625. The van der Waals surface area contributed by atoms with E-state index in [4.69, 9.17) is 0 Å². The molecule has 0 amide bonds. The predicted molar refractivity (Wildman–Crippen MR) is 104 cm³/mol. The molecule has 0 saturated carbocycles. The molecule has 0 saturated heterocycles. The number of aliphatic imine (C=N–C) groups is 1. The maximum Gasteiger partial charge on any atom is 0.159 e. The van der Waals surface area contributed by atoms with Gasteiger partial charge in [0.2, 0.25) is 0 Å². The summed E-state index contributed by atoms with van der Waals surface area (Å²) in [7, 11) is 0. The van der Waals surface area contributed by atoms with Crippen LogP contribution in [-0.2, 0) is 13.1 Å². The highest BCUT2D eigenvalue weighted by molar-refractivity contribution is 6.15. The zero-order valence-electron chi connectivity index (χ0n) is 15.9. The lowest BCUT2D eigenvalue weighted by molar-refractivity contribution is 0.286. The first-order valence-corrected chi connectivity index (χ1v) is 9.37. The second-order valence-corrected chi connectivity index (χ2v) is 6.64. The number of aromatic nitrogens is 3. The van der Waals surface area contributed by atoms with Gasteiger partial charge in [-0.05, 0) is 43.4 Å². The minimum Gasteiger partial charge on any atom is -0.296 e. The van der Waals surface area contributed by atoms with Crippen LogP contribution in [0.1, 0.15) is 36.6 Å². The molecule has 0 radical (unpaired) electrons. The molecule has 5 nitrogen and oxygen atoms in total. The number of rotatable bonds is 5. The van der Waals surface area contributed by atoms with Crippen molar-refractivity contribution < 1.29 is 8.78 Å². The molecule has 0 bridgehead atoms. The summed E-state index contributed by atoms with van der Waals surface area (Å²) in [5.41, 5.74) is 2.01. The highest BCUT2D eigenvalue weighted by atomic mass is 19.1. The first-order valence-electron chi connectivity index (χ1n) is 9.37. The quantitative estimate of drug-likeness (QED) is 0.676. The van der Waals surface area contributed by atoms with Crippen LogP contribution in [0.2, 0.25) is 0 Å². The van der Waals surface area contributed by atoms with Crippen LogP contribution in [-0.4, -0.2) is 38.5 Å². The van der Waals surface area contributed by atoms with E-state index >= 15 is 0 Å². The van der Waals surface area contributed by atoms with E-state index in [2.05, 4.69) is 33.9 Å². The second kappa shape index (κ2) is 7.59. The zero-order valence-corrected chi connectivity index (χ0v) is 15.9. The van der Waals surface area contributed by atoms with Gasteiger partial charge in [0.1, 0.15) is 18.2 Å². The van der Waals surface area contributed by atoms with Crippen molar-refractivity contribution in [3.8, 4) is 5.69 Å². The lowest BCUT2D eigenvalue weighted by atomic mass is 10.00. The second-order valence-electron chi connectivity index (χ2n) is 6.64. The molecule has 1 aliphatic heterocycles. The van der Waals surface area contributed by atoms with Gasteiger partial charge in [0.05, 0.1) is 17.9 Å². The Bertz CT molecular complexity index is 1040. The highest BCUT2D eigenvalue weighted by Gasteiger charge is 2.25. The van der Waals surface area contributed by atoms with Gasteiger partial charge in [-0.15, -0.1) is 10.2 Å². The minimum absolute atomic E-state index is 0.241. The Balaban J connectivity index is 1.89. The van der Waals surface area contributed by atoms with Crippen molar-refractivity contribution in [2.45, 2.75) is 26.9 Å². The molecule has 0 N–H and O–H groups in total. The summed E-state index contributed by atoms with van der Waals surface area (Å²) < 4.78 is 30.5. The summed E-state index contributed by atoms with van der Waals surface area (Å²) >= 11 is 0. The molecule has 28 heavy (non-hydrogen) atoms. The lowest BCUT2D eigenvalue weighted by Gasteiger charge is -2.19. The van der Waals surface area contributed by atoms with Gasteiger partial charge in [-0.25, -0.2) is 8.78 Å². The molecule has 0 atom stereocenters. The van der Waals surface area contributed by atoms with E-state index in [1.165, 1.54) is 18.2 Å². The lowest BCUT2D eigenvalue weighted by Crippen LogP contribution is -2.24. The van der Waals surface area contributed by atoms with Crippen LogP contribution in [0.15, 0.2) is 47.5 Å². The Morgan fingerprint density at radius 2 is 1.79 bits per heavy atom. The molecule has 1 aliphatic rings. The van der Waals surface area contributed by atoms with Crippen LogP contribution in [0.25, 0.3) is 5.69 Å². The van der Waals surface area contributed by atoms with Crippen LogP contribution in [0, 0.1) is 11.6 Å². The third-order valence-corrected chi connectivity index (χ3v) is 5.02. The largest absolute Gasteiger partial charge is 0.296 e. The van der Waals surface area contributed by atoms with Crippen LogP contribution in [0.5, 0.6) is 0 Å². The normalized spacial score (nSPS) is 13.1. The molecule has 1 aromatic heterocycles. The first kappa shape index (κ1) is 18.4. The Labute approximate surface area is 162 Å². The number of halogens is 2. The van der Waals surface area contributed by atoms with Gasteiger partial charge in [0, 0.05) is 11.1 Å². The number of fused-ring (bicyclic) bond motifs is 3. The summed E-state index contributed by atoms with van der Waals surface area (Å²) in [6, 6.07) is 10.9. The minimum atomic E-state index is -0.399. The Kier molecular flexibility index (Phi) is 5.00. The smallest absolute Gasteiger partial charge is 0.159 e. The molecule has 0 unspecified atom stereocenters. The van der Waals surface area contributed by atoms with Crippen molar-refractivity contribution in [1.82, 2.24) is 19.7 Å². The zero-order chi connectivity index (χ0) is 19.7. The third kappa shape index (κ3) is 3.22. The number of hydrogen-bond acceptors (Lipinski definition) is 4. The molecule has 2 aromatic carbocycles. The fourth-order valence-corrected chi connectivity index (χ4v) is 3.50. The molecule has 3 aromatic rings. The number of hydrogen-bond donors (Lipinski definition) is 0. The van der Waals surface area contributed by atoms with Crippen molar-refractivity contribution in [2.75, 3.05) is 13.1 Å². The van der Waals surface area contributed by atoms with Crippen molar-refractivity contribution in [3.63, 3.8) is 0 Å². The van der Waals surface area contributed by atoms with Crippen molar-refractivity contribution in [3.05, 3.63) is 76.9 Å². The number of nitrogens with zero attached hydrogens (tertiary/aromatic N) is 5. The monoisotopic (exact) mass is 381 g/mol. The van der Waals surface area contributed by atoms with Gasteiger partial charge >= 0.3 is 0 Å². The van der Waals surface area contributed by atoms with Gasteiger partial charge in [0.15, 0.2) is 11.6 Å². The fourth-order valence-electron chi connectivity index (χ4n) is 3.50. The topological polar surface area (TPSA) is 46.3 Å². The van der Waals surface area contributed by atoms with Gasteiger partial charge in [-0.2, -0.15) is 0 Å². The van der Waals surface area contributed by atoms with Crippen LogP contribution < -0.4 is 0 Å². The molecule has 0 fully saturated rings. The molecule has 144 valence electrons. The van der Waals surface area contributed by atoms with E-state index < -0.39 is 11.6 Å². The predicted octanol–water partition coefficient (Wildman–Crippen LogP) is 3.74. The Morgan fingerprint density at radius 3 is 2.54 bits per heavy atom. The fraction of sp³-hybridized carbons (Fsp3) is 0.286. The molecular weight excluding hydrogens is 360 g/mol. The molecule has 0 aliphatic carbocycles. The molecule has 4 rings (SSSR count). The average Bonchev–Trinajstić information content (AvgIpc) is 3.02. The van der Waals surface area contributed by atoms with Crippen molar-refractivity contribution >= 4 is 5.71 Å². The van der Waals surface area contributed by atoms with Gasteiger partial charge < -0.3 is 0 Å². The van der Waals surface area contributed by atoms with Gasteiger partial charge in [-0.1, -0.05) is 26.0 Å². The van der Waals surface area contributed by atoms with E-state index in [9.17, 15) is 8.78 Å². The highest BCUT2D eigenvalue weighted by Crippen LogP contribution is 2.27. The van der Waals surface area contributed by atoms with E-state index in [0.29, 0.717) is 34.9 Å². The van der Waals surface area contributed by atoms with Crippen LogP contribution in [0.4, 0.5) is 8.78 Å². The van der Waals surface area contributed by atoms with Crippen LogP contribution >= 0.6 is 0 Å². The van der Waals surface area contributed by atoms with E-state index in [1.54, 1.807) is 24.3 Å². The van der Waals surface area contributed by atoms with Crippen LogP contribution in [0.3, 0.4) is 0 Å². The van der Waals surface area contributed by atoms with Crippen molar-refractivity contribution in [1.29, 1.82) is 0 Å². The van der Waals surface area contributed by atoms with E-state index in [0.717, 1.165) is 18.9 Å². The molecular formula is C21H21F2N5. The summed E-state index contributed by atoms with van der Waals surface area (Å²) in [4.78, 5) is 6.81. The maximum atomic E-state index is 14.5. The molecule has 2 heterocycles.